The summed E-state index contributed by atoms with van der Waals surface area (Å²) in [5.74, 6) is -0.624. The SMILES string of the molecule is CC.NC(=O)C1(c2cccc(F)c2)CCCCC1. The van der Waals surface area contributed by atoms with Crippen LogP contribution in [0.15, 0.2) is 24.3 Å². The van der Waals surface area contributed by atoms with E-state index in [1.807, 2.05) is 13.8 Å². The van der Waals surface area contributed by atoms with E-state index in [4.69, 9.17) is 5.73 Å². The minimum Gasteiger partial charge on any atom is -0.369 e. The number of primary amides is 1. The Kier molecular flexibility index (Phi) is 5.32. The van der Waals surface area contributed by atoms with Gasteiger partial charge < -0.3 is 5.73 Å². The van der Waals surface area contributed by atoms with Crippen LogP contribution in [0.2, 0.25) is 0 Å². The second-order valence-corrected chi connectivity index (χ2v) is 4.52. The highest BCUT2D eigenvalue weighted by Gasteiger charge is 2.39. The molecule has 0 saturated heterocycles. The Balaban J connectivity index is 0.000000771. The van der Waals surface area contributed by atoms with Crippen molar-refractivity contribution >= 4 is 5.91 Å². The molecule has 1 amide bonds. The van der Waals surface area contributed by atoms with Crippen LogP contribution in [0.3, 0.4) is 0 Å². The largest absolute Gasteiger partial charge is 0.369 e. The van der Waals surface area contributed by atoms with Crippen LogP contribution in [0, 0.1) is 5.82 Å². The fourth-order valence-electron chi connectivity index (χ4n) is 2.62. The summed E-state index contributed by atoms with van der Waals surface area (Å²) in [4.78, 5) is 11.7. The summed E-state index contributed by atoms with van der Waals surface area (Å²) < 4.78 is 13.2. The zero-order valence-electron chi connectivity index (χ0n) is 11.2. The van der Waals surface area contributed by atoms with E-state index < -0.39 is 5.41 Å². The van der Waals surface area contributed by atoms with Crippen LogP contribution in [-0.2, 0) is 10.2 Å². The third kappa shape index (κ3) is 2.89. The van der Waals surface area contributed by atoms with E-state index in [-0.39, 0.29) is 11.7 Å². The maximum atomic E-state index is 13.2. The van der Waals surface area contributed by atoms with Gasteiger partial charge >= 0.3 is 0 Å². The second-order valence-electron chi connectivity index (χ2n) is 4.52. The Hall–Kier alpha value is -1.38. The topological polar surface area (TPSA) is 43.1 Å². The number of nitrogens with two attached hydrogens (primary N) is 1. The van der Waals surface area contributed by atoms with Gasteiger partial charge in [0.1, 0.15) is 5.82 Å². The molecular formula is C15H22FNO. The van der Waals surface area contributed by atoms with Gasteiger partial charge in [0, 0.05) is 0 Å². The van der Waals surface area contributed by atoms with Crippen LogP contribution >= 0.6 is 0 Å². The van der Waals surface area contributed by atoms with Crippen molar-refractivity contribution in [2.45, 2.75) is 51.4 Å². The van der Waals surface area contributed by atoms with Gasteiger partial charge in [-0.2, -0.15) is 0 Å². The molecule has 3 heteroatoms. The molecule has 1 fully saturated rings. The predicted octanol–water partition coefficient (Wildman–Crippen LogP) is 3.54. The van der Waals surface area contributed by atoms with Gasteiger partial charge in [0.15, 0.2) is 0 Å². The first-order valence-corrected chi connectivity index (χ1v) is 6.71. The van der Waals surface area contributed by atoms with E-state index in [9.17, 15) is 9.18 Å². The number of benzene rings is 1. The highest BCUT2D eigenvalue weighted by molar-refractivity contribution is 5.86. The average Bonchev–Trinajstić information content (AvgIpc) is 2.41. The molecule has 100 valence electrons. The Morgan fingerprint density at radius 2 is 1.83 bits per heavy atom. The molecule has 0 spiro atoms. The third-order valence-electron chi connectivity index (χ3n) is 3.56. The van der Waals surface area contributed by atoms with E-state index in [2.05, 4.69) is 0 Å². The zero-order chi connectivity index (χ0) is 13.6. The van der Waals surface area contributed by atoms with E-state index in [0.29, 0.717) is 0 Å². The molecule has 18 heavy (non-hydrogen) atoms. The molecule has 1 aromatic rings. The Morgan fingerprint density at radius 3 is 2.33 bits per heavy atom. The summed E-state index contributed by atoms with van der Waals surface area (Å²) in [7, 11) is 0. The molecule has 1 aliphatic carbocycles. The number of hydrogen-bond donors (Lipinski definition) is 1. The van der Waals surface area contributed by atoms with Crippen molar-refractivity contribution in [1.29, 1.82) is 0 Å². The molecule has 2 rings (SSSR count). The molecule has 2 nitrogen and oxygen atoms in total. The lowest BCUT2D eigenvalue weighted by molar-refractivity contribution is -0.124. The molecule has 2 N–H and O–H groups in total. The van der Waals surface area contributed by atoms with Crippen molar-refractivity contribution in [3.8, 4) is 0 Å². The van der Waals surface area contributed by atoms with Gasteiger partial charge in [0.2, 0.25) is 5.91 Å². The summed E-state index contributed by atoms with van der Waals surface area (Å²) in [6, 6.07) is 6.28. The van der Waals surface area contributed by atoms with Crippen LogP contribution in [-0.4, -0.2) is 5.91 Å². The predicted molar refractivity (Wildman–Crippen MR) is 71.7 cm³/mol. The van der Waals surface area contributed by atoms with E-state index in [0.717, 1.165) is 37.7 Å². The first kappa shape index (κ1) is 14.7. The smallest absolute Gasteiger partial charge is 0.228 e. The van der Waals surface area contributed by atoms with E-state index in [1.54, 1.807) is 12.1 Å². The van der Waals surface area contributed by atoms with Crippen molar-refractivity contribution in [2.24, 2.45) is 5.73 Å². The highest BCUT2D eigenvalue weighted by Crippen LogP contribution is 2.39. The van der Waals surface area contributed by atoms with E-state index >= 15 is 0 Å². The second kappa shape index (κ2) is 6.53. The average molecular weight is 251 g/mol. The normalized spacial score (nSPS) is 17.5. The quantitative estimate of drug-likeness (QED) is 0.858. The summed E-state index contributed by atoms with van der Waals surface area (Å²) in [6.45, 7) is 4.00. The first-order valence-electron chi connectivity index (χ1n) is 6.71. The van der Waals surface area contributed by atoms with Gasteiger partial charge in [0.05, 0.1) is 5.41 Å². The van der Waals surface area contributed by atoms with Crippen molar-refractivity contribution in [3.63, 3.8) is 0 Å². The van der Waals surface area contributed by atoms with Crippen LogP contribution in [0.25, 0.3) is 0 Å². The molecule has 0 atom stereocenters. The minimum atomic E-state index is -0.639. The monoisotopic (exact) mass is 251 g/mol. The summed E-state index contributed by atoms with van der Waals surface area (Å²) in [6.07, 6.45) is 4.58. The summed E-state index contributed by atoms with van der Waals surface area (Å²) in [5.41, 5.74) is 5.62. The Labute approximate surface area is 108 Å². The lowest BCUT2D eigenvalue weighted by Gasteiger charge is -2.34. The molecule has 1 aliphatic rings. The van der Waals surface area contributed by atoms with Gasteiger partial charge in [-0.25, -0.2) is 4.39 Å². The number of amides is 1. The molecule has 0 heterocycles. The highest BCUT2D eigenvalue weighted by atomic mass is 19.1. The van der Waals surface area contributed by atoms with Crippen LogP contribution in [0.4, 0.5) is 4.39 Å². The third-order valence-corrected chi connectivity index (χ3v) is 3.56. The first-order chi connectivity index (χ1) is 8.65. The number of rotatable bonds is 2. The van der Waals surface area contributed by atoms with Gasteiger partial charge in [-0.3, -0.25) is 4.79 Å². The molecule has 1 saturated carbocycles. The summed E-state index contributed by atoms with van der Waals surface area (Å²) >= 11 is 0. The standard InChI is InChI=1S/C13H16FNO.C2H6/c14-11-6-4-5-10(9-11)13(12(15)16)7-2-1-3-8-13;1-2/h4-6,9H,1-3,7-8H2,(H2,15,16);1-2H3. The lowest BCUT2D eigenvalue weighted by Crippen LogP contribution is -2.42. The van der Waals surface area contributed by atoms with Gasteiger partial charge in [-0.1, -0.05) is 45.2 Å². The minimum absolute atomic E-state index is 0.302. The lowest BCUT2D eigenvalue weighted by atomic mass is 9.69. The van der Waals surface area contributed by atoms with Crippen LogP contribution in [0.5, 0.6) is 0 Å². The fraction of sp³-hybridized carbons (Fsp3) is 0.533. The molecule has 0 aromatic heterocycles. The van der Waals surface area contributed by atoms with Gasteiger partial charge in [-0.05, 0) is 30.5 Å². The number of carbonyl (C=O) groups excluding carboxylic acids is 1. The Morgan fingerprint density at radius 1 is 1.22 bits per heavy atom. The molecule has 0 bridgehead atoms. The van der Waals surface area contributed by atoms with E-state index in [1.165, 1.54) is 12.1 Å². The van der Waals surface area contributed by atoms with Crippen LogP contribution < -0.4 is 5.73 Å². The van der Waals surface area contributed by atoms with Crippen molar-refractivity contribution in [3.05, 3.63) is 35.6 Å². The molecule has 0 unspecified atom stereocenters. The maximum absolute atomic E-state index is 13.2. The van der Waals surface area contributed by atoms with Crippen LogP contribution in [0.1, 0.15) is 51.5 Å². The molecular weight excluding hydrogens is 229 g/mol. The molecule has 1 aromatic carbocycles. The number of hydrogen-bond acceptors (Lipinski definition) is 1. The van der Waals surface area contributed by atoms with Crippen molar-refractivity contribution in [1.82, 2.24) is 0 Å². The zero-order valence-corrected chi connectivity index (χ0v) is 11.2. The summed E-state index contributed by atoms with van der Waals surface area (Å²) in [5, 5.41) is 0. The Bertz CT molecular complexity index is 397. The van der Waals surface area contributed by atoms with Crippen molar-refractivity contribution in [2.75, 3.05) is 0 Å². The fourth-order valence-corrected chi connectivity index (χ4v) is 2.62. The number of halogens is 1. The molecule has 0 radical (unpaired) electrons. The number of carbonyl (C=O) groups is 1. The molecule has 0 aliphatic heterocycles. The van der Waals surface area contributed by atoms with Crippen molar-refractivity contribution < 1.29 is 9.18 Å². The maximum Gasteiger partial charge on any atom is 0.228 e. The van der Waals surface area contributed by atoms with Gasteiger partial charge in [0.25, 0.3) is 0 Å². The van der Waals surface area contributed by atoms with Gasteiger partial charge in [-0.15, -0.1) is 0 Å².